The van der Waals surface area contributed by atoms with Gasteiger partial charge in [-0.2, -0.15) is 0 Å². The molecular weight excluding hydrogens is 250 g/mol. The van der Waals surface area contributed by atoms with Crippen LogP contribution in [-0.2, 0) is 18.1 Å². The quantitative estimate of drug-likeness (QED) is 0.369. The Labute approximate surface area is 111 Å². The highest BCUT2D eigenvalue weighted by Crippen LogP contribution is 2.17. The summed E-state index contributed by atoms with van der Waals surface area (Å²) < 4.78 is 17.1. The van der Waals surface area contributed by atoms with Crippen LogP contribution in [0.2, 0.25) is 6.04 Å². The molecule has 0 aromatic rings. The van der Waals surface area contributed by atoms with Crippen LogP contribution < -0.4 is 5.32 Å². The molecule has 0 aliphatic carbocycles. The maximum absolute atomic E-state index is 10.9. The van der Waals surface area contributed by atoms with E-state index in [1.165, 1.54) is 0 Å². The maximum Gasteiger partial charge on any atom is 0.500 e. The van der Waals surface area contributed by atoms with Gasteiger partial charge in [0, 0.05) is 32.4 Å². The Morgan fingerprint density at radius 3 is 2.06 bits per heavy atom. The standard InChI is InChI=1S/C12H23NO4Si/c1-5-12(14)13-10-9-11-18(15-6-2,16-7-3)17-8-4/h1H,6-11H2,2-4H3,(H,13,14). The zero-order valence-electron chi connectivity index (χ0n) is 11.5. The highest BCUT2D eigenvalue weighted by Gasteiger charge is 2.39. The number of carbonyl (C=O) groups excluding carboxylic acids is 1. The number of terminal acetylenes is 1. The molecule has 0 spiro atoms. The molecule has 0 aliphatic heterocycles. The van der Waals surface area contributed by atoms with E-state index in [0.29, 0.717) is 32.4 Å². The lowest BCUT2D eigenvalue weighted by molar-refractivity contribution is -0.115. The third-order valence-electron chi connectivity index (χ3n) is 2.17. The smallest absolute Gasteiger partial charge is 0.374 e. The number of hydrogen-bond acceptors (Lipinski definition) is 4. The second-order valence-corrected chi connectivity index (χ2v) is 6.22. The molecule has 0 fully saturated rings. The third kappa shape index (κ3) is 6.76. The molecule has 0 saturated carbocycles. The molecule has 0 aromatic heterocycles. The summed E-state index contributed by atoms with van der Waals surface area (Å²) >= 11 is 0. The molecule has 6 heteroatoms. The Hall–Kier alpha value is -0.873. The van der Waals surface area contributed by atoms with Gasteiger partial charge < -0.3 is 18.6 Å². The number of rotatable bonds is 10. The van der Waals surface area contributed by atoms with Crippen molar-refractivity contribution in [2.24, 2.45) is 0 Å². The van der Waals surface area contributed by atoms with E-state index in [1.807, 2.05) is 26.7 Å². The fourth-order valence-electron chi connectivity index (χ4n) is 1.56. The first-order valence-corrected chi connectivity index (χ1v) is 8.23. The molecule has 104 valence electrons. The minimum absolute atomic E-state index is 0.397. The molecule has 0 rings (SSSR count). The predicted molar refractivity (Wildman–Crippen MR) is 71.9 cm³/mol. The second kappa shape index (κ2) is 10.1. The van der Waals surface area contributed by atoms with Gasteiger partial charge in [-0.1, -0.05) is 0 Å². The van der Waals surface area contributed by atoms with E-state index in [4.69, 9.17) is 19.7 Å². The van der Waals surface area contributed by atoms with E-state index in [9.17, 15) is 4.79 Å². The van der Waals surface area contributed by atoms with Crippen molar-refractivity contribution in [2.45, 2.75) is 33.2 Å². The molecule has 0 atom stereocenters. The third-order valence-corrected chi connectivity index (χ3v) is 5.32. The first-order chi connectivity index (χ1) is 8.64. The molecule has 0 heterocycles. The fraction of sp³-hybridized carbons (Fsp3) is 0.750. The van der Waals surface area contributed by atoms with E-state index in [2.05, 4.69) is 5.32 Å². The molecule has 0 unspecified atom stereocenters. The minimum atomic E-state index is -2.58. The van der Waals surface area contributed by atoms with Gasteiger partial charge >= 0.3 is 8.80 Å². The molecule has 0 bridgehead atoms. The van der Waals surface area contributed by atoms with Crippen LogP contribution in [0.25, 0.3) is 0 Å². The second-order valence-electron chi connectivity index (χ2n) is 3.49. The van der Waals surface area contributed by atoms with Crippen LogP contribution in [0, 0.1) is 12.3 Å². The van der Waals surface area contributed by atoms with Gasteiger partial charge in [-0.15, -0.1) is 6.42 Å². The molecule has 0 aliphatic rings. The van der Waals surface area contributed by atoms with E-state index in [1.54, 1.807) is 0 Å². The van der Waals surface area contributed by atoms with Crippen molar-refractivity contribution in [2.75, 3.05) is 26.4 Å². The molecule has 0 radical (unpaired) electrons. The highest BCUT2D eigenvalue weighted by molar-refractivity contribution is 6.60. The van der Waals surface area contributed by atoms with Crippen molar-refractivity contribution in [3.63, 3.8) is 0 Å². The van der Waals surface area contributed by atoms with Crippen LogP contribution in [0.1, 0.15) is 27.2 Å². The Morgan fingerprint density at radius 2 is 1.67 bits per heavy atom. The van der Waals surface area contributed by atoms with Crippen molar-refractivity contribution in [1.29, 1.82) is 0 Å². The minimum Gasteiger partial charge on any atom is -0.374 e. The molecule has 0 aromatic carbocycles. The summed E-state index contributed by atoms with van der Waals surface area (Å²) in [7, 11) is -2.58. The Morgan fingerprint density at radius 1 is 1.17 bits per heavy atom. The van der Waals surface area contributed by atoms with Gasteiger partial charge in [0.25, 0.3) is 5.91 Å². The van der Waals surface area contributed by atoms with Crippen LogP contribution in [0.4, 0.5) is 0 Å². The average Bonchev–Trinajstić information content (AvgIpc) is 2.35. The maximum atomic E-state index is 10.9. The van der Waals surface area contributed by atoms with E-state index >= 15 is 0 Å². The van der Waals surface area contributed by atoms with Gasteiger partial charge in [0.2, 0.25) is 0 Å². The van der Waals surface area contributed by atoms with Crippen LogP contribution in [0.3, 0.4) is 0 Å². The van der Waals surface area contributed by atoms with Crippen molar-refractivity contribution >= 4 is 14.7 Å². The number of nitrogens with one attached hydrogen (secondary N) is 1. The number of hydrogen-bond donors (Lipinski definition) is 1. The predicted octanol–water partition coefficient (Wildman–Crippen LogP) is 1.17. The lowest BCUT2D eigenvalue weighted by Crippen LogP contribution is -2.46. The molecule has 5 nitrogen and oxygen atoms in total. The summed E-state index contributed by atoms with van der Waals surface area (Å²) in [6.07, 6.45) is 5.68. The zero-order chi connectivity index (χ0) is 13.9. The largest absolute Gasteiger partial charge is 0.500 e. The van der Waals surface area contributed by atoms with Crippen molar-refractivity contribution in [1.82, 2.24) is 5.32 Å². The van der Waals surface area contributed by atoms with Crippen LogP contribution in [0.5, 0.6) is 0 Å². The topological polar surface area (TPSA) is 56.8 Å². The average molecular weight is 273 g/mol. The van der Waals surface area contributed by atoms with Crippen LogP contribution >= 0.6 is 0 Å². The monoisotopic (exact) mass is 273 g/mol. The number of amides is 1. The highest BCUT2D eigenvalue weighted by atomic mass is 28.4. The fourth-order valence-corrected chi connectivity index (χ4v) is 4.17. The first kappa shape index (κ1) is 17.1. The summed E-state index contributed by atoms with van der Waals surface area (Å²) in [6, 6.07) is 0.674. The van der Waals surface area contributed by atoms with Crippen molar-refractivity contribution < 1.29 is 18.1 Å². The van der Waals surface area contributed by atoms with Crippen molar-refractivity contribution in [3.8, 4) is 12.3 Å². The lowest BCUT2D eigenvalue weighted by Gasteiger charge is -2.28. The Kier molecular flexibility index (Phi) is 9.60. The van der Waals surface area contributed by atoms with Gasteiger partial charge in [-0.05, 0) is 33.1 Å². The first-order valence-electron chi connectivity index (χ1n) is 6.30. The molecule has 0 saturated heterocycles. The summed E-state index contributed by atoms with van der Waals surface area (Å²) in [5, 5.41) is 2.61. The van der Waals surface area contributed by atoms with Gasteiger partial charge in [0.1, 0.15) is 0 Å². The zero-order valence-corrected chi connectivity index (χ0v) is 12.5. The molecule has 18 heavy (non-hydrogen) atoms. The van der Waals surface area contributed by atoms with E-state index in [-0.39, 0.29) is 0 Å². The summed E-state index contributed by atoms with van der Waals surface area (Å²) in [4.78, 5) is 10.9. The van der Waals surface area contributed by atoms with Gasteiger partial charge in [0.15, 0.2) is 0 Å². The lowest BCUT2D eigenvalue weighted by atomic mass is 10.4. The van der Waals surface area contributed by atoms with E-state index < -0.39 is 14.7 Å². The summed E-state index contributed by atoms with van der Waals surface area (Å²) in [5.41, 5.74) is 0. The van der Waals surface area contributed by atoms with Crippen LogP contribution in [-0.4, -0.2) is 41.1 Å². The SMILES string of the molecule is C#CC(=O)NCCC[Si](OCC)(OCC)OCC. The normalized spacial score (nSPS) is 11.0. The molecular formula is C12H23NO4Si. The van der Waals surface area contributed by atoms with Crippen molar-refractivity contribution in [3.05, 3.63) is 0 Å². The summed E-state index contributed by atoms with van der Waals surface area (Å²) in [6.45, 7) is 7.93. The number of carbonyl (C=O) groups is 1. The van der Waals surface area contributed by atoms with Gasteiger partial charge in [-0.3, -0.25) is 4.79 Å². The van der Waals surface area contributed by atoms with Gasteiger partial charge in [-0.25, -0.2) is 0 Å². The van der Waals surface area contributed by atoms with E-state index in [0.717, 1.165) is 6.42 Å². The summed E-state index contributed by atoms with van der Waals surface area (Å²) in [5.74, 6) is 1.61. The molecule has 1 N–H and O–H groups in total. The molecule has 1 amide bonds. The van der Waals surface area contributed by atoms with Gasteiger partial charge in [0.05, 0.1) is 0 Å². The Bertz CT molecular complexity index is 261. The Balaban J connectivity index is 4.21. The van der Waals surface area contributed by atoms with Crippen LogP contribution in [0.15, 0.2) is 0 Å².